The first-order valence-electron chi connectivity index (χ1n) is 10.7. The van der Waals surface area contributed by atoms with Crippen LogP contribution in [0.2, 0.25) is 0 Å². The molecular weight excluding hydrogens is 406 g/mol. The zero-order valence-corrected chi connectivity index (χ0v) is 18.5. The molecule has 31 heavy (non-hydrogen) atoms. The van der Waals surface area contributed by atoms with E-state index in [1.54, 1.807) is 16.7 Å². The number of hydrogen-bond acceptors (Lipinski definition) is 8. The van der Waals surface area contributed by atoms with Crippen molar-refractivity contribution in [2.45, 2.75) is 77.0 Å². The number of Topliss-reactive ketones (excluding diaryl/α,β-unsaturated/α-hetero) is 1. The summed E-state index contributed by atoms with van der Waals surface area (Å²) in [6.45, 7) is 5.01. The summed E-state index contributed by atoms with van der Waals surface area (Å²) in [5.74, 6) is -0.817. The fourth-order valence-corrected chi connectivity index (χ4v) is 3.79. The molecule has 1 unspecified atom stereocenters. The van der Waals surface area contributed by atoms with E-state index in [9.17, 15) is 9.59 Å². The molecule has 0 amide bonds. The van der Waals surface area contributed by atoms with Gasteiger partial charge in [0.25, 0.3) is 0 Å². The maximum atomic E-state index is 12.9. The van der Waals surface area contributed by atoms with Crippen LogP contribution >= 0.6 is 0 Å². The lowest BCUT2D eigenvalue weighted by molar-refractivity contribution is -0.172. The predicted octanol–water partition coefficient (Wildman–Crippen LogP) is 2.44. The van der Waals surface area contributed by atoms with Gasteiger partial charge < -0.3 is 33.0 Å². The van der Waals surface area contributed by atoms with Crippen molar-refractivity contribution in [3.63, 3.8) is 0 Å². The van der Waals surface area contributed by atoms with Crippen molar-refractivity contribution in [3.05, 3.63) is 23.5 Å². The molecule has 1 aromatic rings. The highest BCUT2D eigenvalue weighted by Gasteiger charge is 2.38. The van der Waals surface area contributed by atoms with Crippen LogP contribution in [0.25, 0.3) is 0 Å². The van der Waals surface area contributed by atoms with Crippen molar-refractivity contribution < 1.29 is 38.0 Å². The van der Waals surface area contributed by atoms with Gasteiger partial charge in [-0.3, -0.25) is 9.59 Å². The molecule has 0 radical (unpaired) electrons. The summed E-state index contributed by atoms with van der Waals surface area (Å²) in [4.78, 5) is 24.4. The molecule has 0 spiro atoms. The third-order valence-corrected chi connectivity index (χ3v) is 5.39. The van der Waals surface area contributed by atoms with Gasteiger partial charge in [-0.15, -0.1) is 0 Å². The fourth-order valence-electron chi connectivity index (χ4n) is 3.79. The number of nitrogens with zero attached hydrogens (tertiary/aromatic N) is 1. The number of rotatable bonds is 12. The van der Waals surface area contributed by atoms with E-state index in [2.05, 4.69) is 0 Å². The van der Waals surface area contributed by atoms with Crippen LogP contribution in [0.5, 0.6) is 0 Å². The van der Waals surface area contributed by atoms with Crippen molar-refractivity contribution in [2.24, 2.45) is 0 Å². The second-order valence-electron chi connectivity index (χ2n) is 8.28. The van der Waals surface area contributed by atoms with Crippen LogP contribution in [0.3, 0.4) is 0 Å². The minimum absolute atomic E-state index is 0.0368. The molecule has 0 aromatic carbocycles. The van der Waals surface area contributed by atoms with Gasteiger partial charge in [0, 0.05) is 25.8 Å². The van der Waals surface area contributed by atoms with Crippen molar-refractivity contribution in [2.75, 3.05) is 27.1 Å². The van der Waals surface area contributed by atoms with E-state index in [4.69, 9.17) is 28.4 Å². The number of hydrogen-bond donors (Lipinski definition) is 0. The molecule has 0 aliphatic carbocycles. The van der Waals surface area contributed by atoms with E-state index in [1.807, 2.05) is 13.8 Å². The summed E-state index contributed by atoms with van der Waals surface area (Å²) >= 11 is 0. The molecule has 2 aliphatic rings. The number of aldehydes is 1. The Morgan fingerprint density at radius 1 is 1.35 bits per heavy atom. The maximum Gasteiger partial charge on any atom is 0.166 e. The Morgan fingerprint density at radius 3 is 2.84 bits per heavy atom. The lowest BCUT2D eigenvalue weighted by Gasteiger charge is -2.24. The zero-order valence-electron chi connectivity index (χ0n) is 18.5. The highest BCUT2D eigenvalue weighted by atomic mass is 16.8. The minimum Gasteiger partial charge on any atom is -0.359 e. The molecule has 3 atom stereocenters. The molecule has 0 bridgehead atoms. The zero-order chi connectivity index (χ0) is 22.3. The minimum atomic E-state index is -0.723. The monoisotopic (exact) mass is 439 g/mol. The van der Waals surface area contributed by atoms with E-state index in [1.165, 1.54) is 7.11 Å². The van der Waals surface area contributed by atoms with Gasteiger partial charge in [0.2, 0.25) is 0 Å². The van der Waals surface area contributed by atoms with Crippen LogP contribution in [0.15, 0.2) is 12.1 Å². The van der Waals surface area contributed by atoms with Crippen LogP contribution in [0, 0.1) is 0 Å². The molecule has 0 saturated carbocycles. The van der Waals surface area contributed by atoms with Gasteiger partial charge in [-0.2, -0.15) is 0 Å². The Balaban J connectivity index is 1.62. The number of aromatic nitrogens is 1. The molecule has 2 saturated heterocycles. The summed E-state index contributed by atoms with van der Waals surface area (Å²) in [6.07, 6.45) is 2.66. The van der Waals surface area contributed by atoms with Crippen molar-refractivity contribution in [1.82, 2.24) is 4.57 Å². The maximum absolute atomic E-state index is 12.9. The van der Waals surface area contributed by atoms with Gasteiger partial charge in [-0.05, 0) is 45.2 Å². The first-order valence-corrected chi connectivity index (χ1v) is 10.7. The Hall–Kier alpha value is -1.62. The summed E-state index contributed by atoms with van der Waals surface area (Å²) in [5.41, 5.74) is 1.17. The third-order valence-electron chi connectivity index (χ3n) is 5.39. The van der Waals surface area contributed by atoms with Crippen molar-refractivity contribution in [3.8, 4) is 0 Å². The van der Waals surface area contributed by atoms with E-state index >= 15 is 0 Å². The third kappa shape index (κ3) is 6.93. The topological polar surface area (TPSA) is 94.5 Å². The molecule has 0 N–H and O–H groups in total. The van der Waals surface area contributed by atoms with Crippen LogP contribution in [-0.2, 0) is 46.4 Å². The van der Waals surface area contributed by atoms with Gasteiger partial charge in [-0.1, -0.05) is 0 Å². The van der Waals surface area contributed by atoms with Gasteiger partial charge in [0.1, 0.15) is 12.9 Å². The van der Waals surface area contributed by atoms with Gasteiger partial charge in [0.05, 0.1) is 31.6 Å². The van der Waals surface area contributed by atoms with Crippen LogP contribution in [0.1, 0.15) is 55.7 Å². The Morgan fingerprint density at radius 2 is 2.19 bits per heavy atom. The lowest BCUT2D eigenvalue weighted by atomic mass is 10.1. The highest BCUT2D eigenvalue weighted by molar-refractivity contribution is 5.81. The van der Waals surface area contributed by atoms with E-state index in [0.29, 0.717) is 18.9 Å². The molecule has 9 nitrogen and oxygen atoms in total. The molecule has 3 heterocycles. The number of carbonyl (C=O) groups excluding carboxylic acids is 2. The van der Waals surface area contributed by atoms with E-state index < -0.39 is 11.9 Å². The molecule has 2 fully saturated rings. The summed E-state index contributed by atoms with van der Waals surface area (Å²) in [7, 11) is 1.52. The normalized spacial score (nSPS) is 24.2. The molecule has 9 heteroatoms. The Kier molecular flexibility index (Phi) is 8.76. The second kappa shape index (κ2) is 11.3. The molecule has 1 aromatic heterocycles. The Labute approximate surface area is 182 Å². The van der Waals surface area contributed by atoms with Gasteiger partial charge in [0.15, 0.2) is 24.1 Å². The molecule has 2 aliphatic heterocycles. The second-order valence-corrected chi connectivity index (χ2v) is 8.28. The van der Waals surface area contributed by atoms with Crippen molar-refractivity contribution in [1.29, 1.82) is 0 Å². The van der Waals surface area contributed by atoms with Crippen LogP contribution < -0.4 is 0 Å². The van der Waals surface area contributed by atoms with Gasteiger partial charge >= 0.3 is 0 Å². The molecule has 3 rings (SSSR count). The number of ether oxygens (including phenoxy) is 6. The fraction of sp³-hybridized carbons (Fsp3) is 0.727. The highest BCUT2D eigenvalue weighted by Crippen LogP contribution is 2.27. The average molecular weight is 440 g/mol. The van der Waals surface area contributed by atoms with Crippen molar-refractivity contribution >= 4 is 12.1 Å². The summed E-state index contributed by atoms with van der Waals surface area (Å²) in [5, 5.41) is 0. The first kappa shape index (κ1) is 24.0. The predicted molar refractivity (Wildman–Crippen MR) is 109 cm³/mol. The SMILES string of the molecule is COCO[C@@H](CC(=O)Cn1c(C=O)ccc1COC1CCCCO1)[C@H]1COC(C)(C)O1. The first-order chi connectivity index (χ1) is 14.9. The average Bonchev–Trinajstić information content (AvgIpc) is 3.32. The van der Waals surface area contributed by atoms with Crippen LogP contribution in [-0.4, -0.2) is 68.0 Å². The molecule has 174 valence electrons. The van der Waals surface area contributed by atoms with Gasteiger partial charge in [-0.25, -0.2) is 0 Å². The van der Waals surface area contributed by atoms with Crippen LogP contribution in [0.4, 0.5) is 0 Å². The largest absolute Gasteiger partial charge is 0.359 e. The smallest absolute Gasteiger partial charge is 0.166 e. The number of methoxy groups -OCH3 is 1. The standard InChI is InChI=1S/C22H33NO8/c1-22(2)30-14-20(31-22)19(29-15-26-3)10-18(25)11-23-16(12-24)7-8-17(23)13-28-21-6-4-5-9-27-21/h7-8,12,19-21H,4-6,9-11,13-15H2,1-3H3/t19-,20+,21?/m0/s1. The summed E-state index contributed by atoms with van der Waals surface area (Å²) in [6, 6.07) is 3.49. The van der Waals surface area contributed by atoms with E-state index in [-0.39, 0.29) is 44.5 Å². The summed E-state index contributed by atoms with van der Waals surface area (Å²) < 4.78 is 35.3. The number of carbonyl (C=O) groups is 2. The number of ketones is 1. The quantitative estimate of drug-likeness (QED) is 0.362. The lowest BCUT2D eigenvalue weighted by Crippen LogP contribution is -2.36. The molecular formula is C22H33NO8. The van der Waals surface area contributed by atoms with E-state index in [0.717, 1.165) is 31.2 Å². The Bertz CT molecular complexity index is 725.